The van der Waals surface area contributed by atoms with E-state index < -0.39 is 68.3 Å². The van der Waals surface area contributed by atoms with Crippen LogP contribution in [0.5, 0.6) is 0 Å². The van der Waals surface area contributed by atoms with Gasteiger partial charge in [-0.05, 0) is 0 Å². The lowest BCUT2D eigenvalue weighted by molar-refractivity contribution is -0.142. The molecular weight excluding hydrogens is 334 g/mol. The standard InChI is InChI=1S/C6H13NO5.C6H12O6/c7-3(1-8)5(11)6(12)4(10)2-9;7-1-3(9)5(11)6(12)4(10)2-8/h1,3-6,9-12H,2,7H2;3,5-9,11-12H,1-2H2/t3-,4+,5+,6+;3-,5-,6-/m01/s1. The first-order valence-electron chi connectivity index (χ1n) is 6.73. The Morgan fingerprint density at radius 1 is 0.833 bits per heavy atom. The van der Waals surface area contributed by atoms with E-state index in [9.17, 15) is 9.59 Å². The van der Waals surface area contributed by atoms with E-state index in [4.69, 9.17) is 51.7 Å². The minimum absolute atomic E-state index is 0.248. The minimum Gasteiger partial charge on any atom is -0.394 e. The van der Waals surface area contributed by atoms with Crippen LogP contribution in [0.25, 0.3) is 0 Å². The van der Waals surface area contributed by atoms with Gasteiger partial charge in [-0.1, -0.05) is 0 Å². The maximum atomic E-state index is 10.5. The van der Waals surface area contributed by atoms with Crippen molar-refractivity contribution in [2.24, 2.45) is 5.73 Å². The van der Waals surface area contributed by atoms with Gasteiger partial charge in [-0.25, -0.2) is 0 Å². The molecule has 0 aromatic heterocycles. The zero-order chi connectivity index (χ0) is 19.4. The topological polar surface area (TPSA) is 242 Å². The molecule has 11 N–H and O–H groups in total. The predicted octanol–water partition coefficient (Wildman–Crippen LogP) is -6.79. The largest absolute Gasteiger partial charge is 0.394 e. The van der Waals surface area contributed by atoms with E-state index in [2.05, 4.69) is 0 Å². The summed E-state index contributed by atoms with van der Waals surface area (Å²) < 4.78 is 0. The summed E-state index contributed by atoms with van der Waals surface area (Å²) in [4.78, 5) is 20.5. The van der Waals surface area contributed by atoms with Crippen molar-refractivity contribution in [1.29, 1.82) is 0 Å². The highest BCUT2D eigenvalue weighted by Crippen LogP contribution is 2.02. The van der Waals surface area contributed by atoms with E-state index in [0.29, 0.717) is 0 Å². The molecule has 144 valence electrons. The molecule has 0 aliphatic heterocycles. The number of nitrogens with two attached hydrogens (primary N) is 1. The molecule has 0 unspecified atom stereocenters. The van der Waals surface area contributed by atoms with Crippen molar-refractivity contribution in [3.63, 3.8) is 0 Å². The van der Waals surface area contributed by atoms with Crippen LogP contribution in [0.15, 0.2) is 0 Å². The van der Waals surface area contributed by atoms with Crippen LogP contribution in [0, 0.1) is 0 Å². The van der Waals surface area contributed by atoms with Crippen molar-refractivity contribution in [2.45, 2.75) is 42.7 Å². The third kappa shape index (κ3) is 8.70. The normalized spacial score (nSPS) is 19.8. The maximum Gasteiger partial charge on any atom is 0.189 e. The van der Waals surface area contributed by atoms with E-state index in [1.807, 2.05) is 0 Å². The molecule has 0 aromatic rings. The van der Waals surface area contributed by atoms with E-state index in [-0.39, 0.29) is 6.29 Å². The summed E-state index contributed by atoms with van der Waals surface area (Å²) in [5.74, 6) is -1.00. The lowest BCUT2D eigenvalue weighted by Gasteiger charge is -2.23. The fourth-order valence-corrected chi connectivity index (χ4v) is 1.25. The Bertz CT molecular complexity index is 356. The summed E-state index contributed by atoms with van der Waals surface area (Å²) in [6, 6.07) is -1.26. The van der Waals surface area contributed by atoms with Crippen LogP contribution in [-0.2, 0) is 9.59 Å². The Balaban J connectivity index is 0. The number of Topliss-reactive ketones (excluding diaryl/α,β-unsaturated/α-hetero) is 1. The van der Waals surface area contributed by atoms with E-state index >= 15 is 0 Å². The summed E-state index contributed by atoms with van der Waals surface area (Å²) in [5, 5.41) is 78.2. The average molecular weight is 359 g/mol. The number of aldehydes is 1. The summed E-state index contributed by atoms with van der Waals surface area (Å²) in [6.07, 6.45) is -9.65. The van der Waals surface area contributed by atoms with Crippen LogP contribution < -0.4 is 5.73 Å². The van der Waals surface area contributed by atoms with Crippen LogP contribution in [-0.4, -0.2) is 121 Å². The first-order chi connectivity index (χ1) is 11.1. The number of aliphatic hydroxyl groups excluding tert-OH is 9. The van der Waals surface area contributed by atoms with Gasteiger partial charge in [0.2, 0.25) is 0 Å². The number of rotatable bonds is 10. The van der Waals surface area contributed by atoms with E-state index in [1.165, 1.54) is 0 Å². The van der Waals surface area contributed by atoms with Gasteiger partial charge in [0.15, 0.2) is 5.78 Å². The van der Waals surface area contributed by atoms with Crippen LogP contribution in [0.2, 0.25) is 0 Å². The molecule has 0 fully saturated rings. The molecule has 0 spiro atoms. The van der Waals surface area contributed by atoms with Crippen molar-refractivity contribution in [3.8, 4) is 0 Å². The van der Waals surface area contributed by atoms with Gasteiger partial charge < -0.3 is 56.5 Å². The first-order valence-corrected chi connectivity index (χ1v) is 6.73. The molecule has 0 bridgehead atoms. The average Bonchev–Trinajstić information content (AvgIpc) is 2.62. The molecule has 0 saturated heterocycles. The highest BCUT2D eigenvalue weighted by atomic mass is 16.4. The molecule has 7 atom stereocenters. The Hall–Kier alpha value is -1.06. The lowest BCUT2D eigenvalue weighted by Crippen LogP contribution is -2.49. The second kappa shape index (κ2) is 13.3. The van der Waals surface area contributed by atoms with Gasteiger partial charge in [-0.3, -0.25) is 4.79 Å². The van der Waals surface area contributed by atoms with Crippen molar-refractivity contribution in [1.82, 2.24) is 0 Å². The number of carbonyl (C=O) groups excluding carboxylic acids is 2. The molecule has 0 heterocycles. The molecular formula is C12H25NO11. The quantitative estimate of drug-likeness (QED) is 0.164. The van der Waals surface area contributed by atoms with Gasteiger partial charge in [0.25, 0.3) is 0 Å². The number of hydrogen-bond donors (Lipinski definition) is 10. The first kappa shape index (κ1) is 25.2. The molecule has 0 amide bonds. The van der Waals surface area contributed by atoms with Gasteiger partial charge in [-0.2, -0.15) is 0 Å². The number of carbonyl (C=O) groups is 2. The monoisotopic (exact) mass is 359 g/mol. The van der Waals surface area contributed by atoms with Gasteiger partial charge >= 0.3 is 0 Å². The highest BCUT2D eigenvalue weighted by Gasteiger charge is 2.29. The fraction of sp³-hybridized carbons (Fsp3) is 0.833. The second-order valence-corrected chi connectivity index (χ2v) is 4.75. The van der Waals surface area contributed by atoms with Crippen LogP contribution >= 0.6 is 0 Å². The van der Waals surface area contributed by atoms with Crippen molar-refractivity contribution < 1.29 is 55.5 Å². The number of ketones is 1. The highest BCUT2D eigenvalue weighted by molar-refractivity contribution is 5.84. The van der Waals surface area contributed by atoms with Crippen molar-refractivity contribution in [3.05, 3.63) is 0 Å². The smallest absolute Gasteiger partial charge is 0.189 e. The molecule has 12 nitrogen and oxygen atoms in total. The molecule has 0 aliphatic rings. The molecule has 0 rings (SSSR count). The molecule has 24 heavy (non-hydrogen) atoms. The molecule has 0 saturated carbocycles. The zero-order valence-corrected chi connectivity index (χ0v) is 12.7. The third-order valence-electron chi connectivity index (χ3n) is 2.87. The van der Waals surface area contributed by atoms with E-state index in [1.54, 1.807) is 0 Å². The summed E-state index contributed by atoms with van der Waals surface area (Å²) >= 11 is 0. The maximum absolute atomic E-state index is 10.5. The van der Waals surface area contributed by atoms with Crippen LogP contribution in [0.1, 0.15) is 0 Å². The van der Waals surface area contributed by atoms with Crippen LogP contribution in [0.3, 0.4) is 0 Å². The SMILES string of the molecule is N[C@@H](C=O)[C@@H](O)[C@H](O)[C@H](O)CO.O=C(CO)[C@@H](O)[C@H](O)[C@H](O)CO. The molecule has 0 aromatic carbocycles. The lowest BCUT2D eigenvalue weighted by atomic mass is 10.0. The predicted molar refractivity (Wildman–Crippen MR) is 76.3 cm³/mol. The summed E-state index contributed by atoms with van der Waals surface area (Å²) in [6.45, 7) is -2.39. The van der Waals surface area contributed by atoms with Gasteiger partial charge in [0.1, 0.15) is 49.5 Å². The molecule has 0 aliphatic carbocycles. The fourth-order valence-electron chi connectivity index (χ4n) is 1.25. The third-order valence-corrected chi connectivity index (χ3v) is 2.87. The number of hydrogen-bond acceptors (Lipinski definition) is 12. The zero-order valence-electron chi connectivity index (χ0n) is 12.7. The van der Waals surface area contributed by atoms with Gasteiger partial charge in [0, 0.05) is 0 Å². The summed E-state index contributed by atoms with van der Waals surface area (Å²) in [7, 11) is 0. The Labute approximate surface area is 137 Å². The Morgan fingerprint density at radius 3 is 1.58 bits per heavy atom. The van der Waals surface area contributed by atoms with Gasteiger partial charge in [0.05, 0.1) is 19.3 Å². The summed E-state index contributed by atoms with van der Waals surface area (Å²) in [5.41, 5.74) is 5.04. The number of aliphatic hydroxyl groups is 9. The minimum atomic E-state index is -1.86. The Kier molecular flexibility index (Phi) is 13.9. The van der Waals surface area contributed by atoms with Crippen molar-refractivity contribution >= 4 is 12.1 Å². The second-order valence-electron chi connectivity index (χ2n) is 4.75. The molecule has 12 heteroatoms. The van der Waals surface area contributed by atoms with Crippen LogP contribution in [0.4, 0.5) is 0 Å². The van der Waals surface area contributed by atoms with E-state index in [0.717, 1.165) is 0 Å². The molecule has 0 radical (unpaired) electrons. The Morgan fingerprint density at radius 2 is 1.25 bits per heavy atom. The van der Waals surface area contributed by atoms with Gasteiger partial charge in [-0.15, -0.1) is 0 Å². The van der Waals surface area contributed by atoms with Crippen molar-refractivity contribution in [2.75, 3.05) is 19.8 Å².